The summed E-state index contributed by atoms with van der Waals surface area (Å²) in [7, 11) is 0. The van der Waals surface area contributed by atoms with Crippen molar-refractivity contribution in [3.63, 3.8) is 0 Å². The molecule has 0 amide bonds. The highest BCUT2D eigenvalue weighted by atomic mass is 32.2. The lowest BCUT2D eigenvalue weighted by Crippen LogP contribution is -2.41. The van der Waals surface area contributed by atoms with Crippen molar-refractivity contribution in [2.45, 2.75) is 41.4 Å². The standard InChI is InChI=1S/C21H26F3N5S/c22-21(23,24)14-10-17(27-15-3-6-29(7-4-15)8-5-25)20-19(11-14)30-18-9-13(12-26)1-2-16(18)28-20/h1-2,9-11,15,27-28H,3-8,12,25-26H2. The summed E-state index contributed by atoms with van der Waals surface area (Å²) in [6.07, 6.45) is -2.67. The van der Waals surface area contributed by atoms with Crippen LogP contribution in [0.3, 0.4) is 0 Å². The number of benzene rings is 2. The summed E-state index contributed by atoms with van der Waals surface area (Å²) < 4.78 is 40.7. The van der Waals surface area contributed by atoms with E-state index in [2.05, 4.69) is 15.5 Å². The van der Waals surface area contributed by atoms with Crippen LogP contribution in [0, 0.1) is 0 Å². The third kappa shape index (κ3) is 4.54. The van der Waals surface area contributed by atoms with Crippen LogP contribution in [0.15, 0.2) is 40.1 Å². The Balaban J connectivity index is 1.62. The van der Waals surface area contributed by atoms with Gasteiger partial charge in [-0.05, 0) is 42.7 Å². The lowest BCUT2D eigenvalue weighted by molar-refractivity contribution is -0.137. The van der Waals surface area contributed by atoms with E-state index < -0.39 is 11.7 Å². The van der Waals surface area contributed by atoms with E-state index in [1.54, 1.807) is 0 Å². The van der Waals surface area contributed by atoms with Gasteiger partial charge in [0.05, 0.1) is 22.6 Å². The van der Waals surface area contributed by atoms with Gasteiger partial charge in [0.1, 0.15) is 0 Å². The monoisotopic (exact) mass is 437 g/mol. The number of nitrogens with two attached hydrogens (primary N) is 2. The van der Waals surface area contributed by atoms with E-state index in [9.17, 15) is 13.2 Å². The van der Waals surface area contributed by atoms with E-state index in [-0.39, 0.29) is 6.04 Å². The Morgan fingerprint density at radius 2 is 1.87 bits per heavy atom. The van der Waals surface area contributed by atoms with Gasteiger partial charge in [-0.25, -0.2) is 0 Å². The summed E-state index contributed by atoms with van der Waals surface area (Å²) in [5, 5.41) is 6.72. The number of likely N-dealkylation sites (tertiary alicyclic amines) is 1. The SMILES string of the molecule is NCCN1CCC(Nc2cc(C(F)(F)F)cc3c2Nc2ccc(CN)cc2S3)CC1. The number of alkyl halides is 3. The highest BCUT2D eigenvalue weighted by Crippen LogP contribution is 2.50. The van der Waals surface area contributed by atoms with Crippen molar-refractivity contribution in [2.24, 2.45) is 11.5 Å². The van der Waals surface area contributed by atoms with Crippen LogP contribution in [0.1, 0.15) is 24.0 Å². The van der Waals surface area contributed by atoms with Crippen molar-refractivity contribution in [2.75, 3.05) is 36.8 Å². The molecule has 0 radical (unpaired) electrons. The normalized spacial score (nSPS) is 17.2. The molecular formula is C21H26F3N5S. The second-order valence-electron chi connectivity index (χ2n) is 7.71. The molecule has 5 nitrogen and oxygen atoms in total. The molecule has 0 unspecified atom stereocenters. The Hall–Kier alpha value is -1.94. The number of piperidine rings is 1. The predicted molar refractivity (Wildman–Crippen MR) is 115 cm³/mol. The molecule has 0 aromatic heterocycles. The van der Waals surface area contributed by atoms with E-state index in [1.165, 1.54) is 23.9 Å². The highest BCUT2D eigenvalue weighted by molar-refractivity contribution is 7.99. The van der Waals surface area contributed by atoms with E-state index in [0.717, 1.165) is 48.6 Å². The third-order valence-corrected chi connectivity index (χ3v) is 6.68. The minimum absolute atomic E-state index is 0.124. The largest absolute Gasteiger partial charge is 0.416 e. The van der Waals surface area contributed by atoms with Crippen LogP contribution >= 0.6 is 11.8 Å². The zero-order chi connectivity index (χ0) is 21.3. The van der Waals surface area contributed by atoms with Gasteiger partial charge >= 0.3 is 6.18 Å². The Morgan fingerprint density at radius 1 is 1.10 bits per heavy atom. The first-order chi connectivity index (χ1) is 14.4. The fraction of sp³-hybridized carbons (Fsp3) is 0.429. The molecule has 30 heavy (non-hydrogen) atoms. The van der Waals surface area contributed by atoms with Gasteiger partial charge in [-0.2, -0.15) is 13.2 Å². The van der Waals surface area contributed by atoms with Gasteiger partial charge in [0.15, 0.2) is 0 Å². The summed E-state index contributed by atoms with van der Waals surface area (Å²) in [5.41, 5.74) is 13.7. The Kier molecular flexibility index (Phi) is 6.15. The number of nitrogens with zero attached hydrogens (tertiary/aromatic N) is 1. The molecule has 1 saturated heterocycles. The van der Waals surface area contributed by atoms with Gasteiger partial charge in [0.25, 0.3) is 0 Å². The second-order valence-corrected chi connectivity index (χ2v) is 8.79. The first-order valence-electron chi connectivity index (χ1n) is 10.1. The van der Waals surface area contributed by atoms with E-state index in [1.807, 2.05) is 18.2 Å². The van der Waals surface area contributed by atoms with Crippen LogP contribution in [0.2, 0.25) is 0 Å². The molecule has 2 heterocycles. The first-order valence-corrected chi connectivity index (χ1v) is 10.9. The Bertz CT molecular complexity index is 910. The van der Waals surface area contributed by atoms with Gasteiger partial charge in [-0.15, -0.1) is 0 Å². The Morgan fingerprint density at radius 3 is 2.53 bits per heavy atom. The number of hydrogen-bond donors (Lipinski definition) is 4. The zero-order valence-corrected chi connectivity index (χ0v) is 17.4. The van der Waals surface area contributed by atoms with Crippen LogP contribution < -0.4 is 22.1 Å². The van der Waals surface area contributed by atoms with E-state index in [0.29, 0.717) is 29.4 Å². The van der Waals surface area contributed by atoms with Crippen LogP contribution in [0.4, 0.5) is 30.2 Å². The summed E-state index contributed by atoms with van der Waals surface area (Å²) in [6.45, 7) is 3.64. The smallest absolute Gasteiger partial charge is 0.380 e. The molecule has 9 heteroatoms. The molecule has 4 rings (SSSR count). The molecule has 162 valence electrons. The predicted octanol–water partition coefficient (Wildman–Crippen LogP) is 4.21. The van der Waals surface area contributed by atoms with Crippen LogP contribution in [-0.2, 0) is 12.7 Å². The van der Waals surface area contributed by atoms with E-state index >= 15 is 0 Å². The third-order valence-electron chi connectivity index (χ3n) is 5.58. The van der Waals surface area contributed by atoms with Gasteiger partial charge < -0.3 is 27.0 Å². The number of rotatable bonds is 5. The number of fused-ring (bicyclic) bond motifs is 2. The maximum absolute atomic E-state index is 13.6. The van der Waals surface area contributed by atoms with Gasteiger partial charge in [0, 0.05) is 48.6 Å². The minimum Gasteiger partial charge on any atom is -0.380 e. The summed E-state index contributed by atoms with van der Waals surface area (Å²) in [6, 6.07) is 8.36. The molecule has 0 spiro atoms. The van der Waals surface area contributed by atoms with Crippen molar-refractivity contribution < 1.29 is 13.2 Å². The van der Waals surface area contributed by atoms with Crippen molar-refractivity contribution in [1.29, 1.82) is 0 Å². The minimum atomic E-state index is -4.41. The van der Waals surface area contributed by atoms with Crippen molar-refractivity contribution >= 4 is 28.8 Å². The number of hydrogen-bond acceptors (Lipinski definition) is 6. The van der Waals surface area contributed by atoms with Crippen molar-refractivity contribution in [1.82, 2.24) is 4.90 Å². The first kappa shape index (κ1) is 21.3. The number of anilines is 3. The summed E-state index contributed by atoms with van der Waals surface area (Å²) in [5.74, 6) is 0. The quantitative estimate of drug-likeness (QED) is 0.479. The maximum atomic E-state index is 13.6. The second kappa shape index (κ2) is 8.66. The Labute approximate surface area is 178 Å². The van der Waals surface area contributed by atoms with Gasteiger partial charge in [0.2, 0.25) is 0 Å². The molecule has 2 aliphatic rings. The van der Waals surface area contributed by atoms with Crippen molar-refractivity contribution in [3.8, 4) is 0 Å². The zero-order valence-electron chi connectivity index (χ0n) is 16.6. The molecule has 6 N–H and O–H groups in total. The molecule has 0 saturated carbocycles. The highest BCUT2D eigenvalue weighted by Gasteiger charge is 2.34. The molecular weight excluding hydrogens is 411 g/mol. The van der Waals surface area contributed by atoms with E-state index in [4.69, 9.17) is 11.5 Å². The summed E-state index contributed by atoms with van der Waals surface area (Å²) >= 11 is 1.35. The molecule has 0 aliphatic carbocycles. The number of nitrogens with one attached hydrogen (secondary N) is 2. The van der Waals surface area contributed by atoms with Crippen LogP contribution in [0.25, 0.3) is 0 Å². The lowest BCUT2D eigenvalue weighted by Gasteiger charge is -2.34. The molecule has 0 atom stereocenters. The fourth-order valence-corrected chi connectivity index (χ4v) is 5.07. The molecule has 2 aromatic rings. The fourth-order valence-electron chi connectivity index (χ4n) is 3.94. The number of halogens is 3. The average molecular weight is 438 g/mol. The summed E-state index contributed by atoms with van der Waals surface area (Å²) in [4.78, 5) is 3.74. The molecule has 0 bridgehead atoms. The lowest BCUT2D eigenvalue weighted by atomic mass is 10.0. The molecule has 1 fully saturated rings. The van der Waals surface area contributed by atoms with Crippen LogP contribution in [-0.4, -0.2) is 37.1 Å². The van der Waals surface area contributed by atoms with Gasteiger partial charge in [-0.3, -0.25) is 0 Å². The average Bonchev–Trinajstić information content (AvgIpc) is 2.72. The molecule has 2 aromatic carbocycles. The van der Waals surface area contributed by atoms with Crippen LogP contribution in [0.5, 0.6) is 0 Å². The molecule has 2 aliphatic heterocycles. The van der Waals surface area contributed by atoms with Crippen molar-refractivity contribution in [3.05, 3.63) is 41.5 Å². The maximum Gasteiger partial charge on any atom is 0.416 e. The topological polar surface area (TPSA) is 79.3 Å². The van der Waals surface area contributed by atoms with Gasteiger partial charge in [-0.1, -0.05) is 17.8 Å².